The molecule has 0 fully saturated rings. The second-order valence-electron chi connectivity index (χ2n) is 11.4. The molecular weight excluding hydrogens is 522 g/mol. The molecule has 0 unspecified atom stereocenters. The Morgan fingerprint density at radius 1 is 0.349 bits per heavy atom. The molecular formula is C40H31N3. The maximum absolute atomic E-state index is 4.88. The van der Waals surface area contributed by atoms with Gasteiger partial charge in [0.25, 0.3) is 0 Å². The highest BCUT2D eigenvalue weighted by Crippen LogP contribution is 2.35. The summed E-state index contributed by atoms with van der Waals surface area (Å²) in [6.07, 6.45) is 0. The standard InChI is InChI=1S/C40H31N3/c1-40(2,35-23-19-29(20-24-35)34-18-17-28-11-9-10-16-33(28)27-34)36-25-21-32(22-26-36)39-42-37(30-12-5-3-6-13-30)41-38(43-39)31-14-7-4-8-15-31/h3-27H,1-2H3. The van der Waals surface area contributed by atoms with E-state index < -0.39 is 0 Å². The summed E-state index contributed by atoms with van der Waals surface area (Å²) < 4.78 is 0. The molecule has 1 aromatic heterocycles. The molecule has 0 atom stereocenters. The summed E-state index contributed by atoms with van der Waals surface area (Å²) in [5.41, 5.74) is 7.67. The van der Waals surface area contributed by atoms with Crippen LogP contribution in [-0.4, -0.2) is 15.0 Å². The van der Waals surface area contributed by atoms with E-state index in [1.165, 1.54) is 33.0 Å². The zero-order valence-electron chi connectivity index (χ0n) is 24.3. The van der Waals surface area contributed by atoms with Gasteiger partial charge >= 0.3 is 0 Å². The fraction of sp³-hybridized carbons (Fsp3) is 0.0750. The maximum Gasteiger partial charge on any atom is 0.164 e. The molecule has 0 radical (unpaired) electrons. The molecule has 0 aliphatic carbocycles. The van der Waals surface area contributed by atoms with Crippen LogP contribution in [0.15, 0.2) is 152 Å². The van der Waals surface area contributed by atoms with Crippen LogP contribution in [0, 0.1) is 0 Å². The zero-order chi connectivity index (χ0) is 29.2. The Morgan fingerprint density at radius 3 is 1.26 bits per heavy atom. The van der Waals surface area contributed by atoms with Crippen molar-refractivity contribution in [1.29, 1.82) is 0 Å². The van der Waals surface area contributed by atoms with Crippen LogP contribution in [0.3, 0.4) is 0 Å². The van der Waals surface area contributed by atoms with Gasteiger partial charge in [-0.25, -0.2) is 15.0 Å². The molecule has 0 N–H and O–H groups in total. The lowest BCUT2D eigenvalue weighted by Crippen LogP contribution is -2.18. The first-order valence-electron chi connectivity index (χ1n) is 14.6. The molecule has 0 aliphatic rings. The minimum atomic E-state index is -0.177. The van der Waals surface area contributed by atoms with Gasteiger partial charge in [0, 0.05) is 22.1 Å². The number of hydrogen-bond acceptors (Lipinski definition) is 3. The predicted molar refractivity (Wildman–Crippen MR) is 178 cm³/mol. The number of nitrogens with zero attached hydrogens (tertiary/aromatic N) is 3. The molecule has 7 rings (SSSR count). The first-order chi connectivity index (χ1) is 21.0. The van der Waals surface area contributed by atoms with Gasteiger partial charge in [-0.05, 0) is 39.1 Å². The zero-order valence-corrected chi connectivity index (χ0v) is 24.3. The Morgan fingerprint density at radius 2 is 0.744 bits per heavy atom. The molecule has 0 spiro atoms. The molecule has 206 valence electrons. The van der Waals surface area contributed by atoms with E-state index in [1.54, 1.807) is 0 Å². The van der Waals surface area contributed by atoms with Crippen molar-refractivity contribution in [3.63, 3.8) is 0 Å². The summed E-state index contributed by atoms with van der Waals surface area (Å²) in [5.74, 6) is 2.00. The molecule has 1 heterocycles. The van der Waals surface area contributed by atoms with Gasteiger partial charge in [-0.1, -0.05) is 159 Å². The fourth-order valence-electron chi connectivity index (χ4n) is 5.59. The van der Waals surface area contributed by atoms with Crippen LogP contribution in [0.2, 0.25) is 0 Å². The molecule has 43 heavy (non-hydrogen) atoms. The molecule has 6 aromatic carbocycles. The fourth-order valence-corrected chi connectivity index (χ4v) is 5.59. The first-order valence-corrected chi connectivity index (χ1v) is 14.6. The Bertz CT molecular complexity index is 1950. The van der Waals surface area contributed by atoms with Gasteiger partial charge in [-0.2, -0.15) is 0 Å². The van der Waals surface area contributed by atoms with Gasteiger partial charge in [-0.15, -0.1) is 0 Å². The highest BCUT2D eigenvalue weighted by molar-refractivity contribution is 5.87. The van der Waals surface area contributed by atoms with Crippen LogP contribution >= 0.6 is 0 Å². The lowest BCUT2D eigenvalue weighted by atomic mass is 9.77. The van der Waals surface area contributed by atoms with Crippen molar-refractivity contribution < 1.29 is 0 Å². The van der Waals surface area contributed by atoms with Gasteiger partial charge in [0.05, 0.1) is 0 Å². The Hall–Kier alpha value is -5.41. The second-order valence-corrected chi connectivity index (χ2v) is 11.4. The van der Waals surface area contributed by atoms with Crippen molar-refractivity contribution in [2.45, 2.75) is 19.3 Å². The molecule has 3 heteroatoms. The van der Waals surface area contributed by atoms with Gasteiger partial charge in [0.2, 0.25) is 0 Å². The summed E-state index contributed by atoms with van der Waals surface area (Å²) in [6.45, 7) is 4.55. The van der Waals surface area contributed by atoms with Crippen molar-refractivity contribution >= 4 is 10.8 Å². The summed E-state index contributed by atoms with van der Waals surface area (Å²) in [7, 11) is 0. The molecule has 0 bridgehead atoms. The van der Waals surface area contributed by atoms with Crippen molar-refractivity contribution in [2.75, 3.05) is 0 Å². The number of rotatable bonds is 6. The normalized spacial score (nSPS) is 11.5. The lowest BCUT2D eigenvalue weighted by molar-refractivity contribution is 0.641. The number of fused-ring (bicyclic) bond motifs is 1. The quantitative estimate of drug-likeness (QED) is 0.206. The summed E-state index contributed by atoms with van der Waals surface area (Å²) in [5, 5.41) is 2.52. The third kappa shape index (κ3) is 5.33. The third-order valence-electron chi connectivity index (χ3n) is 8.25. The van der Waals surface area contributed by atoms with E-state index in [1.807, 2.05) is 60.7 Å². The van der Waals surface area contributed by atoms with E-state index >= 15 is 0 Å². The SMILES string of the molecule is CC(C)(c1ccc(-c2ccc3ccccc3c2)cc1)c1ccc(-c2nc(-c3ccccc3)nc(-c3ccccc3)n2)cc1. The summed E-state index contributed by atoms with van der Waals surface area (Å²) in [6, 6.07) is 52.9. The van der Waals surface area contributed by atoms with Gasteiger partial charge < -0.3 is 0 Å². The Labute approximate surface area is 252 Å². The van der Waals surface area contributed by atoms with Crippen molar-refractivity contribution in [3.05, 3.63) is 163 Å². The lowest BCUT2D eigenvalue weighted by Gasteiger charge is -2.26. The van der Waals surface area contributed by atoms with Crippen molar-refractivity contribution in [1.82, 2.24) is 15.0 Å². The topological polar surface area (TPSA) is 38.7 Å². The van der Waals surface area contributed by atoms with Gasteiger partial charge in [0.1, 0.15) is 0 Å². The highest BCUT2D eigenvalue weighted by Gasteiger charge is 2.23. The monoisotopic (exact) mass is 553 g/mol. The summed E-state index contributed by atoms with van der Waals surface area (Å²) in [4.78, 5) is 14.6. The molecule has 0 saturated carbocycles. The van der Waals surface area contributed by atoms with E-state index in [2.05, 4.69) is 105 Å². The summed E-state index contributed by atoms with van der Waals surface area (Å²) >= 11 is 0. The second kappa shape index (κ2) is 11.1. The number of hydrogen-bond donors (Lipinski definition) is 0. The van der Waals surface area contributed by atoms with Crippen LogP contribution in [0.1, 0.15) is 25.0 Å². The van der Waals surface area contributed by atoms with Gasteiger partial charge in [-0.3, -0.25) is 0 Å². The van der Waals surface area contributed by atoms with E-state index in [0.717, 1.165) is 16.7 Å². The number of benzene rings is 6. The number of aromatic nitrogens is 3. The van der Waals surface area contributed by atoms with E-state index in [-0.39, 0.29) is 5.41 Å². The van der Waals surface area contributed by atoms with Crippen LogP contribution in [0.25, 0.3) is 56.1 Å². The minimum Gasteiger partial charge on any atom is -0.208 e. The average Bonchev–Trinajstić information content (AvgIpc) is 3.09. The average molecular weight is 554 g/mol. The van der Waals surface area contributed by atoms with Crippen molar-refractivity contribution in [2.24, 2.45) is 0 Å². The maximum atomic E-state index is 4.88. The molecule has 0 amide bonds. The van der Waals surface area contributed by atoms with Crippen LogP contribution in [0.5, 0.6) is 0 Å². The van der Waals surface area contributed by atoms with E-state index in [0.29, 0.717) is 17.5 Å². The molecule has 3 nitrogen and oxygen atoms in total. The largest absolute Gasteiger partial charge is 0.208 e. The van der Waals surface area contributed by atoms with Crippen LogP contribution < -0.4 is 0 Å². The van der Waals surface area contributed by atoms with Crippen LogP contribution in [0.4, 0.5) is 0 Å². The smallest absolute Gasteiger partial charge is 0.164 e. The van der Waals surface area contributed by atoms with Crippen molar-refractivity contribution in [3.8, 4) is 45.3 Å². The molecule has 7 aromatic rings. The third-order valence-corrected chi connectivity index (χ3v) is 8.25. The minimum absolute atomic E-state index is 0.177. The van der Waals surface area contributed by atoms with Gasteiger partial charge in [0.15, 0.2) is 17.5 Å². The molecule has 0 aliphatic heterocycles. The first kappa shape index (κ1) is 26.5. The predicted octanol–water partition coefficient (Wildman–Crippen LogP) is 10.0. The Balaban J connectivity index is 1.19. The highest BCUT2D eigenvalue weighted by atomic mass is 15.0. The van der Waals surface area contributed by atoms with E-state index in [4.69, 9.17) is 15.0 Å². The Kier molecular flexibility index (Phi) is 6.84. The molecule has 0 saturated heterocycles. The van der Waals surface area contributed by atoms with E-state index in [9.17, 15) is 0 Å². The van der Waals surface area contributed by atoms with Crippen LogP contribution in [-0.2, 0) is 5.41 Å².